The molecule has 0 spiro atoms. The number of hydrogen-bond acceptors (Lipinski definition) is 4. The van der Waals surface area contributed by atoms with Gasteiger partial charge in [-0.15, -0.1) is 0 Å². The van der Waals surface area contributed by atoms with Crippen molar-refractivity contribution in [3.05, 3.63) is 12.4 Å². The average molecular weight is 317 g/mol. The highest BCUT2D eigenvalue weighted by molar-refractivity contribution is 7.89. The number of carbonyl (C=O) groups is 1. The molecule has 0 aliphatic heterocycles. The van der Waals surface area contributed by atoms with Crippen LogP contribution in [0.15, 0.2) is 17.3 Å². The van der Waals surface area contributed by atoms with E-state index >= 15 is 0 Å². The van der Waals surface area contributed by atoms with Crippen molar-refractivity contribution in [1.82, 2.24) is 14.1 Å². The summed E-state index contributed by atoms with van der Waals surface area (Å²) in [5.41, 5.74) is -0.305. The summed E-state index contributed by atoms with van der Waals surface area (Å²) in [5, 5.41) is 13.3. The second kappa shape index (κ2) is 6.15. The van der Waals surface area contributed by atoms with Crippen LogP contribution in [0.3, 0.4) is 0 Å². The van der Waals surface area contributed by atoms with Crippen LogP contribution in [0.4, 0.5) is 0 Å². The maximum atomic E-state index is 12.5. The summed E-state index contributed by atoms with van der Waals surface area (Å²) in [6, 6.07) is -1.11. The number of carboxylic acid groups (broad SMARTS) is 1. The molecule has 1 aromatic heterocycles. The highest BCUT2D eigenvalue weighted by Gasteiger charge is 2.36. The lowest BCUT2D eigenvalue weighted by Crippen LogP contribution is -2.44. The first-order valence-corrected chi connectivity index (χ1v) is 8.16. The zero-order valence-corrected chi connectivity index (χ0v) is 13.9. The zero-order chi connectivity index (χ0) is 16.4. The molecule has 1 aromatic rings. The topological polar surface area (TPSA) is 92.5 Å². The number of aryl methyl sites for hydroxylation is 1. The van der Waals surface area contributed by atoms with Crippen LogP contribution in [-0.2, 0) is 21.4 Å². The van der Waals surface area contributed by atoms with E-state index in [0.29, 0.717) is 6.54 Å². The first-order valence-electron chi connectivity index (χ1n) is 6.72. The number of sulfonamides is 1. The van der Waals surface area contributed by atoms with Gasteiger partial charge in [0.25, 0.3) is 0 Å². The molecule has 0 aliphatic carbocycles. The van der Waals surface area contributed by atoms with Crippen LogP contribution in [0.25, 0.3) is 0 Å². The zero-order valence-electron chi connectivity index (χ0n) is 13.1. The molecule has 0 saturated heterocycles. The molecule has 120 valence electrons. The highest BCUT2D eigenvalue weighted by Crippen LogP contribution is 2.26. The van der Waals surface area contributed by atoms with Crippen molar-refractivity contribution in [3.63, 3.8) is 0 Å². The number of rotatable bonds is 6. The molecule has 0 bridgehead atoms. The lowest BCUT2D eigenvalue weighted by atomic mass is 9.88. The molecule has 1 atom stereocenters. The van der Waals surface area contributed by atoms with Crippen LogP contribution in [0.2, 0.25) is 0 Å². The van der Waals surface area contributed by atoms with Gasteiger partial charge in [-0.1, -0.05) is 20.8 Å². The Balaban J connectivity index is 3.12. The molecule has 1 rings (SSSR count). The van der Waals surface area contributed by atoms with Crippen molar-refractivity contribution in [2.75, 3.05) is 7.05 Å². The minimum absolute atomic E-state index is 0.00649. The van der Waals surface area contributed by atoms with Gasteiger partial charge in [-0.2, -0.15) is 9.40 Å². The van der Waals surface area contributed by atoms with Gasteiger partial charge in [0.15, 0.2) is 0 Å². The number of aliphatic carboxylic acids is 1. The molecule has 0 fully saturated rings. The molecule has 0 radical (unpaired) electrons. The Morgan fingerprint density at radius 1 is 1.48 bits per heavy atom. The largest absolute Gasteiger partial charge is 0.480 e. The van der Waals surface area contributed by atoms with E-state index in [4.69, 9.17) is 0 Å². The van der Waals surface area contributed by atoms with E-state index in [9.17, 15) is 18.3 Å². The SMILES string of the molecule is CCn1cc(S(=O)(=O)N(C)C(CC(C)(C)C)C(=O)O)cn1. The summed E-state index contributed by atoms with van der Waals surface area (Å²) in [7, 11) is -2.58. The molecule has 1 N–H and O–H groups in total. The number of nitrogens with zero attached hydrogens (tertiary/aromatic N) is 3. The van der Waals surface area contributed by atoms with Gasteiger partial charge in [0.1, 0.15) is 10.9 Å². The fourth-order valence-corrected chi connectivity index (χ4v) is 3.20. The van der Waals surface area contributed by atoms with Gasteiger partial charge in [-0.05, 0) is 18.8 Å². The second-order valence-corrected chi connectivity index (χ2v) is 8.17. The van der Waals surface area contributed by atoms with Gasteiger partial charge in [0, 0.05) is 19.8 Å². The summed E-state index contributed by atoms with van der Waals surface area (Å²) in [6.07, 6.45) is 2.87. The Labute approximate surface area is 125 Å². The van der Waals surface area contributed by atoms with Crippen LogP contribution in [0, 0.1) is 5.41 Å². The fourth-order valence-electron chi connectivity index (χ4n) is 1.94. The maximum absolute atomic E-state index is 12.5. The third-order valence-corrected chi connectivity index (χ3v) is 4.96. The van der Waals surface area contributed by atoms with Crippen molar-refractivity contribution < 1.29 is 18.3 Å². The monoisotopic (exact) mass is 317 g/mol. The number of hydrogen-bond donors (Lipinski definition) is 1. The molecule has 7 nitrogen and oxygen atoms in total. The van der Waals surface area contributed by atoms with E-state index < -0.39 is 22.0 Å². The number of carboxylic acids is 1. The summed E-state index contributed by atoms with van der Waals surface area (Å²) in [6.45, 7) is 8.01. The van der Waals surface area contributed by atoms with Gasteiger partial charge >= 0.3 is 5.97 Å². The molecule has 0 aliphatic rings. The first kappa shape index (κ1) is 17.6. The smallest absolute Gasteiger partial charge is 0.322 e. The van der Waals surface area contributed by atoms with Crippen molar-refractivity contribution in [3.8, 4) is 0 Å². The van der Waals surface area contributed by atoms with Crippen LogP contribution >= 0.6 is 0 Å². The Bertz CT molecular complexity index is 601. The average Bonchev–Trinajstić information content (AvgIpc) is 2.83. The lowest BCUT2D eigenvalue weighted by molar-refractivity contribution is -0.142. The van der Waals surface area contributed by atoms with Crippen LogP contribution in [0.1, 0.15) is 34.1 Å². The molecule has 1 unspecified atom stereocenters. The Kier molecular flexibility index (Phi) is 5.16. The lowest BCUT2D eigenvalue weighted by Gasteiger charge is -2.29. The number of likely N-dealkylation sites (N-methyl/N-ethyl adjacent to an activating group) is 1. The Morgan fingerprint density at radius 2 is 2.05 bits per heavy atom. The van der Waals surface area contributed by atoms with Crippen LogP contribution in [-0.4, -0.2) is 46.7 Å². The van der Waals surface area contributed by atoms with Crippen molar-refractivity contribution in [2.45, 2.75) is 51.6 Å². The van der Waals surface area contributed by atoms with Gasteiger partial charge in [-0.25, -0.2) is 8.42 Å². The summed E-state index contributed by atoms with van der Waals surface area (Å²) < 4.78 is 27.4. The van der Waals surface area contributed by atoms with Crippen LogP contribution < -0.4 is 0 Å². The predicted octanol–water partition coefficient (Wildman–Crippen LogP) is 1.41. The minimum Gasteiger partial charge on any atom is -0.480 e. The fraction of sp³-hybridized carbons (Fsp3) is 0.692. The Morgan fingerprint density at radius 3 is 2.43 bits per heavy atom. The molecule has 21 heavy (non-hydrogen) atoms. The first-order chi connectivity index (χ1) is 9.49. The molecular weight excluding hydrogens is 294 g/mol. The maximum Gasteiger partial charge on any atom is 0.322 e. The normalized spacial score (nSPS) is 14.4. The minimum atomic E-state index is -3.88. The van der Waals surface area contributed by atoms with E-state index in [1.54, 1.807) is 0 Å². The van der Waals surface area contributed by atoms with E-state index in [2.05, 4.69) is 5.10 Å². The molecule has 0 aromatic carbocycles. The molecule has 1 heterocycles. The summed E-state index contributed by atoms with van der Waals surface area (Å²) in [5.74, 6) is -1.15. The van der Waals surface area contributed by atoms with Gasteiger partial charge < -0.3 is 5.11 Å². The Hall–Kier alpha value is -1.41. The quantitative estimate of drug-likeness (QED) is 0.856. The van der Waals surface area contributed by atoms with Crippen molar-refractivity contribution >= 4 is 16.0 Å². The third-order valence-electron chi connectivity index (χ3n) is 3.14. The standard InChI is InChI=1S/C13H23N3O4S/c1-6-16-9-10(8-14-16)21(19,20)15(5)11(12(17)18)7-13(2,3)4/h8-9,11H,6-7H2,1-5H3,(H,17,18). The highest BCUT2D eigenvalue weighted by atomic mass is 32.2. The van der Waals surface area contributed by atoms with Crippen LogP contribution in [0.5, 0.6) is 0 Å². The van der Waals surface area contributed by atoms with E-state index in [1.807, 2.05) is 27.7 Å². The molecule has 8 heteroatoms. The molecule has 0 amide bonds. The number of aromatic nitrogens is 2. The van der Waals surface area contributed by atoms with Gasteiger partial charge in [-0.3, -0.25) is 9.48 Å². The summed E-state index contributed by atoms with van der Waals surface area (Å²) in [4.78, 5) is 11.4. The predicted molar refractivity (Wildman–Crippen MR) is 78.3 cm³/mol. The third kappa shape index (κ3) is 4.28. The summed E-state index contributed by atoms with van der Waals surface area (Å²) >= 11 is 0. The van der Waals surface area contributed by atoms with Gasteiger partial charge in [0.2, 0.25) is 10.0 Å². The molecule has 0 saturated carbocycles. The molecular formula is C13H23N3O4S. The van der Waals surface area contributed by atoms with E-state index in [1.165, 1.54) is 24.1 Å². The van der Waals surface area contributed by atoms with E-state index in [0.717, 1.165) is 4.31 Å². The second-order valence-electron chi connectivity index (χ2n) is 6.17. The van der Waals surface area contributed by atoms with Crippen molar-refractivity contribution in [2.24, 2.45) is 5.41 Å². The van der Waals surface area contributed by atoms with Crippen molar-refractivity contribution in [1.29, 1.82) is 0 Å². The van der Waals surface area contributed by atoms with E-state index in [-0.39, 0.29) is 16.7 Å². The van der Waals surface area contributed by atoms with Gasteiger partial charge in [0.05, 0.1) is 6.20 Å².